The molecule has 0 radical (unpaired) electrons. The van der Waals surface area contributed by atoms with Gasteiger partial charge in [-0.1, -0.05) is 48.6 Å². The van der Waals surface area contributed by atoms with Crippen LogP contribution in [-0.2, 0) is 23.8 Å². The van der Waals surface area contributed by atoms with Crippen LogP contribution in [0.25, 0.3) is 30.4 Å². The van der Waals surface area contributed by atoms with Crippen LogP contribution in [0, 0.1) is 58.7 Å². The summed E-state index contributed by atoms with van der Waals surface area (Å²) in [7, 11) is 0. The first-order valence-electron chi connectivity index (χ1n) is 19.1. The minimum atomic E-state index is -0.874. The van der Waals surface area contributed by atoms with E-state index in [9.17, 15) is 25.4 Å². The summed E-state index contributed by atoms with van der Waals surface area (Å²) in [5, 5.41) is 28.6. The third-order valence-corrected chi connectivity index (χ3v) is 10.4. The van der Waals surface area contributed by atoms with Crippen LogP contribution >= 0.6 is 11.3 Å². The van der Waals surface area contributed by atoms with E-state index in [1.54, 1.807) is 11.3 Å². The lowest BCUT2D eigenvalue weighted by Gasteiger charge is -2.26. The zero-order chi connectivity index (χ0) is 42.8. The Bertz CT molecular complexity index is 2260. The number of nitrogens with zero attached hydrogens (tertiary/aromatic N) is 4. The lowest BCUT2D eigenvalue weighted by molar-refractivity contribution is -0.152. The molecule has 1 aromatic heterocycles. The topological polar surface area (TPSA) is 136 Å². The second-order valence-corrected chi connectivity index (χ2v) is 17.7. The predicted molar refractivity (Wildman–Crippen MR) is 233 cm³/mol. The second kappa shape index (κ2) is 18.9. The molecule has 3 aromatic rings. The van der Waals surface area contributed by atoms with Crippen LogP contribution in [0.2, 0.25) is 0 Å². The number of ether oxygens (including phenoxy) is 3. The Balaban J connectivity index is 1.43. The maximum absolute atomic E-state index is 12.3. The van der Waals surface area contributed by atoms with Gasteiger partial charge in [0.25, 0.3) is 0 Å². The molecule has 0 spiro atoms. The first-order valence-corrected chi connectivity index (χ1v) is 19.9. The monoisotopic (exact) mass is 796 g/mol. The summed E-state index contributed by atoms with van der Waals surface area (Å²) >= 11 is 1.69. The molecule has 1 aliphatic rings. The van der Waals surface area contributed by atoms with Gasteiger partial charge in [-0.2, -0.15) is 15.8 Å². The number of benzene rings is 2. The van der Waals surface area contributed by atoms with Crippen molar-refractivity contribution in [3.63, 3.8) is 0 Å². The molecule has 0 bridgehead atoms. The number of allylic oxidation sites excluding steroid dienone is 2. The first-order chi connectivity index (χ1) is 27.3. The highest BCUT2D eigenvalue weighted by atomic mass is 32.1. The molecule has 0 atom stereocenters. The van der Waals surface area contributed by atoms with Crippen molar-refractivity contribution < 1.29 is 23.8 Å². The van der Waals surface area contributed by atoms with E-state index in [1.807, 2.05) is 111 Å². The van der Waals surface area contributed by atoms with Gasteiger partial charge in [-0.05, 0) is 133 Å². The average molecular weight is 797 g/mol. The molecule has 0 N–H and O–H groups in total. The number of hydrogen-bond acceptors (Lipinski definition) is 10. The number of carbonyl (C=O) groups is 2. The van der Waals surface area contributed by atoms with Crippen molar-refractivity contribution in [1.29, 1.82) is 15.8 Å². The van der Waals surface area contributed by atoms with Crippen molar-refractivity contribution in [2.45, 2.75) is 74.8 Å². The molecule has 0 fully saturated rings. The Morgan fingerprint density at radius 3 is 1.69 bits per heavy atom. The summed E-state index contributed by atoms with van der Waals surface area (Å²) in [6, 6.07) is 22.3. The Labute approximate surface area is 347 Å². The Kier molecular flexibility index (Phi) is 14.5. The van der Waals surface area contributed by atoms with Crippen LogP contribution in [-0.4, -0.2) is 43.8 Å². The largest absolute Gasteiger partial charge is 0.480 e. The summed E-state index contributed by atoms with van der Waals surface area (Å²) < 4.78 is 16.9. The quantitative estimate of drug-likeness (QED) is 0.122. The van der Waals surface area contributed by atoms with Gasteiger partial charge in [0.2, 0.25) is 0 Å². The molecule has 10 heteroatoms. The van der Waals surface area contributed by atoms with Crippen molar-refractivity contribution in [2.24, 2.45) is 10.8 Å². The normalized spacial score (nSPS) is 14.0. The molecular formula is C48H52N4O5S. The van der Waals surface area contributed by atoms with Gasteiger partial charge in [-0.15, -0.1) is 11.3 Å². The van der Waals surface area contributed by atoms with Gasteiger partial charge in [0.15, 0.2) is 11.3 Å². The molecule has 0 aliphatic carbocycles. The van der Waals surface area contributed by atoms with E-state index in [4.69, 9.17) is 14.2 Å². The van der Waals surface area contributed by atoms with Crippen LogP contribution < -0.4 is 4.90 Å². The highest BCUT2D eigenvalue weighted by Gasteiger charge is 2.38. The van der Waals surface area contributed by atoms with Crippen LogP contribution in [0.3, 0.4) is 0 Å². The Morgan fingerprint density at radius 1 is 0.741 bits per heavy atom. The fraction of sp³-hybridized carbons (Fsp3) is 0.354. The van der Waals surface area contributed by atoms with E-state index in [-0.39, 0.29) is 42.1 Å². The van der Waals surface area contributed by atoms with Crippen molar-refractivity contribution in [3.05, 3.63) is 115 Å². The van der Waals surface area contributed by atoms with E-state index >= 15 is 0 Å². The maximum Gasteiger partial charge on any atom is 0.311 e. The van der Waals surface area contributed by atoms with Crippen molar-refractivity contribution in [1.82, 2.24) is 0 Å². The molecule has 58 heavy (non-hydrogen) atoms. The van der Waals surface area contributed by atoms with Crippen LogP contribution in [0.5, 0.6) is 0 Å². The number of hydrogen-bond donors (Lipinski definition) is 0. The lowest BCUT2D eigenvalue weighted by atomic mass is 9.93. The van der Waals surface area contributed by atoms with Crippen LogP contribution in [0.4, 0.5) is 5.69 Å². The highest BCUT2D eigenvalue weighted by Crippen LogP contribution is 2.40. The molecule has 0 amide bonds. The smallest absolute Gasteiger partial charge is 0.311 e. The van der Waals surface area contributed by atoms with Gasteiger partial charge in [0, 0.05) is 21.0 Å². The fourth-order valence-corrected chi connectivity index (χ4v) is 6.69. The Hall–Kier alpha value is -6.15. The second-order valence-electron chi connectivity index (χ2n) is 16.6. The van der Waals surface area contributed by atoms with E-state index in [0.717, 1.165) is 43.3 Å². The van der Waals surface area contributed by atoms with Crippen molar-refractivity contribution in [3.8, 4) is 18.2 Å². The molecule has 1 aliphatic heterocycles. The molecule has 9 nitrogen and oxygen atoms in total. The lowest BCUT2D eigenvalue weighted by Crippen LogP contribution is -2.34. The average Bonchev–Trinajstić information content (AvgIpc) is 3.72. The van der Waals surface area contributed by atoms with Crippen molar-refractivity contribution >= 4 is 59.3 Å². The number of nitriles is 3. The SMILES string of the molecule is Cc1cc(/C=C/c2ccc(/C=C/c3ccc(N(CCOC(=O)C(C)(C)C)CCOC(=O)C(C)(C)C)cc3)s2)c(C)cc1/C=C/C1=C(C#N)C(=C(C#N)C#N)OC1(C)C. The minimum Gasteiger partial charge on any atom is -0.480 e. The molecular weight excluding hydrogens is 745 g/mol. The number of anilines is 1. The van der Waals surface area contributed by atoms with Gasteiger partial charge in [-0.25, -0.2) is 0 Å². The van der Waals surface area contributed by atoms with Crippen molar-refractivity contribution in [2.75, 3.05) is 31.2 Å². The molecule has 0 saturated carbocycles. The highest BCUT2D eigenvalue weighted by molar-refractivity contribution is 7.13. The van der Waals surface area contributed by atoms with Gasteiger partial charge in [0.1, 0.15) is 42.6 Å². The zero-order valence-corrected chi connectivity index (χ0v) is 36.0. The number of carbonyl (C=O) groups excluding carboxylic acids is 2. The molecule has 4 rings (SSSR count). The summed E-state index contributed by atoms with van der Waals surface area (Å²) in [4.78, 5) is 29.0. The van der Waals surface area contributed by atoms with Gasteiger partial charge >= 0.3 is 11.9 Å². The molecule has 300 valence electrons. The standard InChI is InChI=1S/C48H52N4O5S/c1-32-28-36(15-22-42-41(31-51)43(37(29-49)30-50)57-48(42,9)10)33(2)27-35(32)14-19-40-21-20-39(58-40)18-13-34-11-16-38(17-12-34)52(23-25-55-44(53)46(3,4)5)24-26-56-45(54)47(6,7)8/h11-22,27-28H,23-26H2,1-10H3/b18-13+,19-14+,22-15+. The number of rotatable bonds is 13. The number of thiophene rings is 1. The van der Waals surface area contributed by atoms with E-state index in [1.165, 1.54) is 0 Å². The molecule has 2 aromatic carbocycles. The van der Waals surface area contributed by atoms with Gasteiger partial charge in [-0.3, -0.25) is 9.59 Å². The third-order valence-electron chi connectivity index (χ3n) is 9.34. The third kappa shape index (κ3) is 11.7. The predicted octanol–water partition coefficient (Wildman–Crippen LogP) is 10.6. The summed E-state index contributed by atoms with van der Waals surface area (Å²) in [6.45, 7) is 20.0. The Morgan fingerprint density at radius 2 is 1.22 bits per heavy atom. The van der Waals surface area contributed by atoms with Crippen LogP contribution in [0.1, 0.15) is 93.0 Å². The summed E-state index contributed by atoms with van der Waals surface area (Å²) in [5.41, 5.74) is 4.73. The molecule has 2 heterocycles. The maximum atomic E-state index is 12.3. The summed E-state index contributed by atoms with van der Waals surface area (Å²) in [5.74, 6) is -0.496. The summed E-state index contributed by atoms with van der Waals surface area (Å²) in [6.07, 6.45) is 12.2. The van der Waals surface area contributed by atoms with Crippen LogP contribution in [0.15, 0.2) is 77.1 Å². The molecule has 0 unspecified atom stereocenters. The van der Waals surface area contributed by atoms with E-state index < -0.39 is 16.4 Å². The van der Waals surface area contributed by atoms with Gasteiger partial charge < -0.3 is 19.1 Å². The minimum absolute atomic E-state index is 0.0267. The van der Waals surface area contributed by atoms with E-state index in [0.29, 0.717) is 18.7 Å². The first kappa shape index (κ1) is 44.6. The fourth-order valence-electron chi connectivity index (χ4n) is 5.87. The van der Waals surface area contributed by atoms with Gasteiger partial charge in [0.05, 0.1) is 23.9 Å². The zero-order valence-electron chi connectivity index (χ0n) is 35.1. The van der Waals surface area contributed by atoms with E-state index in [2.05, 4.69) is 66.5 Å². The molecule has 0 saturated heterocycles. The number of esters is 2. The number of aryl methyl sites for hydroxylation is 2.